The van der Waals surface area contributed by atoms with E-state index in [1.165, 1.54) is 10.6 Å². The highest BCUT2D eigenvalue weighted by atomic mass is 35.5. The second kappa shape index (κ2) is 4.32. The molecular weight excluding hydrogens is 216 g/mol. The maximum atomic E-state index is 5.72. The fourth-order valence-corrected chi connectivity index (χ4v) is 2.21. The minimum atomic E-state index is 0.294. The predicted molar refractivity (Wildman–Crippen MR) is 62.2 cm³/mol. The number of thioether (sulfide) groups is 1. The fourth-order valence-electron chi connectivity index (χ4n) is 1.54. The van der Waals surface area contributed by atoms with Gasteiger partial charge in [-0.1, -0.05) is 17.7 Å². The molecule has 1 aromatic heterocycles. The zero-order valence-electron chi connectivity index (χ0n) is 7.90. The summed E-state index contributed by atoms with van der Waals surface area (Å²) < 4.78 is 0. The van der Waals surface area contributed by atoms with Gasteiger partial charge in [0.2, 0.25) is 0 Å². The monoisotopic (exact) mass is 226 g/mol. The highest BCUT2D eigenvalue weighted by Crippen LogP contribution is 2.31. The van der Waals surface area contributed by atoms with Crippen molar-refractivity contribution >= 4 is 28.4 Å². The topological polar surface area (TPSA) is 25.2 Å². The van der Waals surface area contributed by atoms with E-state index in [1.807, 2.05) is 18.3 Å². The lowest BCUT2D eigenvalue weighted by Crippen LogP contribution is -1.91. The van der Waals surface area contributed by atoms with Crippen LogP contribution in [0.1, 0.15) is 24.4 Å². The Bertz CT molecular complexity index is 348. The summed E-state index contributed by atoms with van der Waals surface area (Å²) >= 11 is 7.46. The number of aromatic nitrogens is 1. The van der Waals surface area contributed by atoms with Gasteiger partial charge in [-0.25, -0.2) is 4.98 Å². The number of aliphatic imine (C=N–C) groups is 1. The van der Waals surface area contributed by atoms with Crippen LogP contribution in [0.5, 0.6) is 0 Å². The van der Waals surface area contributed by atoms with Crippen LogP contribution in [0.2, 0.25) is 5.15 Å². The molecule has 0 amide bonds. The predicted octanol–water partition coefficient (Wildman–Crippen LogP) is 3.33. The van der Waals surface area contributed by atoms with E-state index in [9.17, 15) is 0 Å². The molecule has 0 N–H and O–H groups in total. The first-order chi connectivity index (χ1) is 6.79. The molecule has 0 bridgehead atoms. The van der Waals surface area contributed by atoms with Crippen LogP contribution in [0.15, 0.2) is 23.3 Å². The molecule has 0 fully saturated rings. The van der Waals surface area contributed by atoms with Crippen LogP contribution in [-0.4, -0.2) is 16.3 Å². The Kier molecular flexibility index (Phi) is 3.08. The van der Waals surface area contributed by atoms with Gasteiger partial charge in [-0.2, -0.15) is 0 Å². The summed E-state index contributed by atoms with van der Waals surface area (Å²) in [4.78, 5) is 8.67. The van der Waals surface area contributed by atoms with Crippen molar-refractivity contribution in [1.82, 2.24) is 4.98 Å². The number of hydrogen-bond donors (Lipinski definition) is 0. The first kappa shape index (κ1) is 9.99. The molecule has 2 nitrogen and oxygen atoms in total. The van der Waals surface area contributed by atoms with E-state index < -0.39 is 0 Å². The summed E-state index contributed by atoms with van der Waals surface area (Å²) in [6.07, 6.45) is 6.08. The van der Waals surface area contributed by atoms with Crippen molar-refractivity contribution in [3.05, 3.63) is 29.0 Å². The molecule has 0 aromatic carbocycles. The lowest BCUT2D eigenvalue weighted by Gasteiger charge is -2.05. The Labute approximate surface area is 92.8 Å². The van der Waals surface area contributed by atoms with Crippen molar-refractivity contribution in [2.75, 3.05) is 6.26 Å². The molecule has 2 rings (SSSR count). The Morgan fingerprint density at radius 2 is 2.36 bits per heavy atom. The van der Waals surface area contributed by atoms with Gasteiger partial charge in [0, 0.05) is 6.20 Å². The molecule has 0 saturated carbocycles. The van der Waals surface area contributed by atoms with Gasteiger partial charge >= 0.3 is 0 Å². The van der Waals surface area contributed by atoms with Crippen molar-refractivity contribution in [3.63, 3.8) is 0 Å². The zero-order valence-corrected chi connectivity index (χ0v) is 9.48. The second-order valence-electron chi connectivity index (χ2n) is 3.20. The van der Waals surface area contributed by atoms with Gasteiger partial charge < -0.3 is 0 Å². The van der Waals surface area contributed by atoms with Crippen LogP contribution in [-0.2, 0) is 0 Å². The molecule has 74 valence electrons. The van der Waals surface area contributed by atoms with E-state index in [4.69, 9.17) is 11.6 Å². The molecule has 0 radical (unpaired) electrons. The maximum absolute atomic E-state index is 5.72. The van der Waals surface area contributed by atoms with Crippen LogP contribution in [0.3, 0.4) is 0 Å². The molecule has 1 unspecified atom stereocenters. The molecule has 2 heterocycles. The van der Waals surface area contributed by atoms with Gasteiger partial charge in [0.05, 0.1) is 11.1 Å². The van der Waals surface area contributed by atoms with Crippen LogP contribution in [0.4, 0.5) is 0 Å². The SMILES string of the molecule is CSC1=NC(c2ccc(Cl)nc2)CC1. The van der Waals surface area contributed by atoms with Crippen molar-refractivity contribution < 1.29 is 0 Å². The lowest BCUT2D eigenvalue weighted by atomic mass is 10.1. The Balaban J connectivity index is 2.17. The Morgan fingerprint density at radius 1 is 1.50 bits per heavy atom. The molecule has 1 aliphatic heterocycles. The first-order valence-electron chi connectivity index (χ1n) is 4.51. The van der Waals surface area contributed by atoms with Crippen molar-refractivity contribution in [1.29, 1.82) is 0 Å². The van der Waals surface area contributed by atoms with Gasteiger partial charge in [-0.05, 0) is 30.7 Å². The number of hydrogen-bond acceptors (Lipinski definition) is 3. The van der Waals surface area contributed by atoms with E-state index in [-0.39, 0.29) is 0 Å². The molecule has 0 aliphatic carbocycles. The summed E-state index contributed by atoms with van der Waals surface area (Å²) in [5.74, 6) is 0. The van der Waals surface area contributed by atoms with E-state index in [0.717, 1.165) is 12.8 Å². The molecule has 1 atom stereocenters. The van der Waals surface area contributed by atoms with E-state index in [0.29, 0.717) is 11.2 Å². The quantitative estimate of drug-likeness (QED) is 0.687. The van der Waals surface area contributed by atoms with E-state index in [2.05, 4.69) is 16.2 Å². The van der Waals surface area contributed by atoms with Gasteiger partial charge in [0.15, 0.2) is 0 Å². The molecule has 4 heteroatoms. The molecule has 1 aromatic rings. The van der Waals surface area contributed by atoms with Crippen molar-refractivity contribution in [2.45, 2.75) is 18.9 Å². The van der Waals surface area contributed by atoms with Gasteiger partial charge in [0.1, 0.15) is 5.15 Å². The Hall–Kier alpha value is -0.540. The lowest BCUT2D eigenvalue weighted by molar-refractivity contribution is 0.719. The van der Waals surface area contributed by atoms with Crippen LogP contribution in [0, 0.1) is 0 Å². The fraction of sp³-hybridized carbons (Fsp3) is 0.400. The normalized spacial score (nSPS) is 21.0. The van der Waals surface area contributed by atoms with Crippen LogP contribution < -0.4 is 0 Å². The standard InChI is InChI=1S/C10H11ClN2S/c1-14-10-5-3-8(13-10)7-2-4-9(11)12-6-7/h2,4,6,8H,3,5H2,1H3. The van der Waals surface area contributed by atoms with E-state index in [1.54, 1.807) is 11.8 Å². The third kappa shape index (κ3) is 2.10. The summed E-state index contributed by atoms with van der Waals surface area (Å²) in [6, 6.07) is 4.12. The minimum Gasteiger partial charge on any atom is -0.275 e. The average molecular weight is 227 g/mol. The summed E-state index contributed by atoms with van der Waals surface area (Å²) in [6.45, 7) is 0. The summed E-state index contributed by atoms with van der Waals surface area (Å²) in [5, 5.41) is 1.78. The number of nitrogens with zero attached hydrogens (tertiary/aromatic N) is 2. The van der Waals surface area contributed by atoms with Crippen LogP contribution in [0.25, 0.3) is 0 Å². The van der Waals surface area contributed by atoms with Crippen molar-refractivity contribution in [3.8, 4) is 0 Å². The third-order valence-corrected chi connectivity index (χ3v) is 3.31. The molecule has 1 aliphatic rings. The average Bonchev–Trinajstić information content (AvgIpc) is 2.67. The molecule has 14 heavy (non-hydrogen) atoms. The highest BCUT2D eigenvalue weighted by Gasteiger charge is 2.18. The van der Waals surface area contributed by atoms with Crippen molar-refractivity contribution in [2.24, 2.45) is 4.99 Å². The number of halogens is 1. The first-order valence-corrected chi connectivity index (χ1v) is 6.12. The largest absolute Gasteiger partial charge is 0.275 e. The maximum Gasteiger partial charge on any atom is 0.129 e. The van der Waals surface area contributed by atoms with Crippen LogP contribution >= 0.6 is 23.4 Å². The number of pyridine rings is 1. The van der Waals surface area contributed by atoms with E-state index >= 15 is 0 Å². The smallest absolute Gasteiger partial charge is 0.129 e. The highest BCUT2D eigenvalue weighted by molar-refractivity contribution is 8.13. The summed E-state index contributed by atoms with van der Waals surface area (Å²) in [5.41, 5.74) is 1.17. The van der Waals surface area contributed by atoms with Gasteiger partial charge in [0.25, 0.3) is 0 Å². The Morgan fingerprint density at radius 3 is 2.93 bits per heavy atom. The number of rotatable bonds is 1. The molecular formula is C10H11ClN2S. The zero-order chi connectivity index (χ0) is 9.97. The molecule has 0 saturated heterocycles. The minimum absolute atomic E-state index is 0.294. The second-order valence-corrected chi connectivity index (χ2v) is 4.46. The molecule has 0 spiro atoms. The summed E-state index contributed by atoms with van der Waals surface area (Å²) in [7, 11) is 0. The van der Waals surface area contributed by atoms with Gasteiger partial charge in [-0.15, -0.1) is 11.8 Å². The third-order valence-electron chi connectivity index (χ3n) is 2.30. The van der Waals surface area contributed by atoms with Gasteiger partial charge in [-0.3, -0.25) is 4.99 Å².